The standard InChI is InChI=1S/C13H24N2O2/c1-10-8-14-9-12(7-13(16)17)15(10)11-5-3-2-4-6-11/h10-12,14H,2-9H2,1H3,(H,16,17). The molecule has 0 radical (unpaired) electrons. The van der Waals surface area contributed by atoms with Crippen LogP contribution >= 0.6 is 0 Å². The molecule has 2 atom stereocenters. The lowest BCUT2D eigenvalue weighted by molar-refractivity contribution is -0.139. The highest BCUT2D eigenvalue weighted by Gasteiger charge is 2.34. The molecule has 1 saturated heterocycles. The number of carbonyl (C=O) groups is 1. The molecule has 0 spiro atoms. The Morgan fingerprint density at radius 2 is 2.00 bits per heavy atom. The van der Waals surface area contributed by atoms with Gasteiger partial charge in [-0.05, 0) is 19.8 Å². The minimum atomic E-state index is -0.674. The molecule has 0 aromatic carbocycles. The zero-order valence-electron chi connectivity index (χ0n) is 10.7. The Morgan fingerprint density at radius 1 is 1.29 bits per heavy atom. The van der Waals surface area contributed by atoms with E-state index in [0.29, 0.717) is 12.1 Å². The quantitative estimate of drug-likeness (QED) is 0.784. The second-order valence-electron chi connectivity index (χ2n) is 5.50. The topological polar surface area (TPSA) is 52.6 Å². The Bertz CT molecular complexity index is 264. The second kappa shape index (κ2) is 5.83. The van der Waals surface area contributed by atoms with Crippen molar-refractivity contribution in [3.63, 3.8) is 0 Å². The molecular weight excluding hydrogens is 216 g/mol. The van der Waals surface area contributed by atoms with E-state index >= 15 is 0 Å². The molecule has 1 aliphatic heterocycles. The van der Waals surface area contributed by atoms with Gasteiger partial charge in [0.2, 0.25) is 0 Å². The van der Waals surface area contributed by atoms with Crippen molar-refractivity contribution in [2.75, 3.05) is 13.1 Å². The second-order valence-corrected chi connectivity index (χ2v) is 5.50. The summed E-state index contributed by atoms with van der Waals surface area (Å²) in [5.74, 6) is -0.674. The first-order valence-electron chi connectivity index (χ1n) is 6.88. The molecular formula is C13H24N2O2. The van der Waals surface area contributed by atoms with Gasteiger partial charge in [0.05, 0.1) is 6.42 Å². The molecule has 2 rings (SSSR count). The van der Waals surface area contributed by atoms with Crippen molar-refractivity contribution in [2.45, 2.75) is 63.6 Å². The van der Waals surface area contributed by atoms with Crippen LogP contribution in [0.4, 0.5) is 0 Å². The van der Waals surface area contributed by atoms with Gasteiger partial charge in [-0.15, -0.1) is 0 Å². The van der Waals surface area contributed by atoms with Crippen LogP contribution in [0.25, 0.3) is 0 Å². The Hall–Kier alpha value is -0.610. The number of nitrogens with one attached hydrogen (secondary N) is 1. The number of carboxylic acids is 1. The third kappa shape index (κ3) is 3.19. The molecule has 0 bridgehead atoms. The van der Waals surface area contributed by atoms with Crippen molar-refractivity contribution in [3.05, 3.63) is 0 Å². The first-order chi connectivity index (χ1) is 8.18. The van der Waals surface area contributed by atoms with E-state index in [4.69, 9.17) is 5.11 Å². The van der Waals surface area contributed by atoms with Crippen molar-refractivity contribution < 1.29 is 9.90 Å². The van der Waals surface area contributed by atoms with E-state index in [-0.39, 0.29) is 12.5 Å². The van der Waals surface area contributed by atoms with Crippen LogP contribution in [-0.4, -0.2) is 47.2 Å². The number of rotatable bonds is 3. The normalized spacial score (nSPS) is 32.5. The number of nitrogens with zero attached hydrogens (tertiary/aromatic N) is 1. The monoisotopic (exact) mass is 240 g/mol. The molecule has 1 aliphatic carbocycles. The van der Waals surface area contributed by atoms with Gasteiger partial charge in [-0.25, -0.2) is 0 Å². The average Bonchev–Trinajstić information content (AvgIpc) is 2.29. The molecule has 1 heterocycles. The lowest BCUT2D eigenvalue weighted by atomic mass is 9.90. The minimum Gasteiger partial charge on any atom is -0.481 e. The van der Waals surface area contributed by atoms with Gasteiger partial charge in [-0.3, -0.25) is 9.69 Å². The Kier molecular flexibility index (Phi) is 4.40. The summed E-state index contributed by atoms with van der Waals surface area (Å²) < 4.78 is 0. The molecule has 98 valence electrons. The van der Waals surface area contributed by atoms with Gasteiger partial charge in [0, 0.05) is 31.2 Å². The third-order valence-corrected chi connectivity index (χ3v) is 4.16. The summed E-state index contributed by atoms with van der Waals surface area (Å²) in [6.45, 7) is 4.04. The fraction of sp³-hybridized carbons (Fsp3) is 0.923. The van der Waals surface area contributed by atoms with Crippen LogP contribution in [0.15, 0.2) is 0 Å². The van der Waals surface area contributed by atoms with Crippen molar-refractivity contribution >= 4 is 5.97 Å². The van der Waals surface area contributed by atoms with Gasteiger partial charge < -0.3 is 10.4 Å². The van der Waals surface area contributed by atoms with E-state index in [2.05, 4.69) is 17.1 Å². The van der Waals surface area contributed by atoms with Crippen molar-refractivity contribution in [3.8, 4) is 0 Å². The van der Waals surface area contributed by atoms with E-state index in [1.165, 1.54) is 32.1 Å². The summed E-state index contributed by atoms with van der Waals surface area (Å²) >= 11 is 0. The van der Waals surface area contributed by atoms with Crippen LogP contribution in [0, 0.1) is 0 Å². The van der Waals surface area contributed by atoms with Crippen molar-refractivity contribution in [1.29, 1.82) is 0 Å². The lowest BCUT2D eigenvalue weighted by Crippen LogP contribution is -2.60. The third-order valence-electron chi connectivity index (χ3n) is 4.16. The average molecular weight is 240 g/mol. The van der Waals surface area contributed by atoms with E-state index in [1.807, 2.05) is 0 Å². The fourth-order valence-electron chi connectivity index (χ4n) is 3.45. The van der Waals surface area contributed by atoms with Crippen LogP contribution in [0.5, 0.6) is 0 Å². The van der Waals surface area contributed by atoms with Gasteiger partial charge in [0.15, 0.2) is 0 Å². The fourth-order valence-corrected chi connectivity index (χ4v) is 3.45. The van der Waals surface area contributed by atoms with Crippen molar-refractivity contribution in [1.82, 2.24) is 10.2 Å². The van der Waals surface area contributed by atoms with Crippen LogP contribution in [0.3, 0.4) is 0 Å². The molecule has 4 nitrogen and oxygen atoms in total. The highest BCUT2D eigenvalue weighted by molar-refractivity contribution is 5.67. The summed E-state index contributed by atoms with van der Waals surface area (Å²) in [5.41, 5.74) is 0. The van der Waals surface area contributed by atoms with E-state index in [1.54, 1.807) is 0 Å². The molecule has 2 N–H and O–H groups in total. The van der Waals surface area contributed by atoms with E-state index in [0.717, 1.165) is 13.1 Å². The van der Waals surface area contributed by atoms with Gasteiger partial charge in [-0.1, -0.05) is 19.3 Å². The summed E-state index contributed by atoms with van der Waals surface area (Å²) in [4.78, 5) is 13.4. The molecule has 0 aromatic rings. The SMILES string of the molecule is CC1CNCC(CC(=O)O)N1C1CCCCC1. The molecule has 0 aromatic heterocycles. The largest absolute Gasteiger partial charge is 0.481 e. The molecule has 2 fully saturated rings. The molecule has 17 heavy (non-hydrogen) atoms. The molecule has 0 amide bonds. The van der Waals surface area contributed by atoms with Crippen LogP contribution in [0.1, 0.15) is 45.4 Å². The van der Waals surface area contributed by atoms with Crippen LogP contribution in [-0.2, 0) is 4.79 Å². The first kappa shape index (κ1) is 12.8. The smallest absolute Gasteiger partial charge is 0.304 e. The predicted molar refractivity (Wildman–Crippen MR) is 67.1 cm³/mol. The Labute approximate surface area is 103 Å². The number of hydrogen-bond acceptors (Lipinski definition) is 3. The number of hydrogen-bond donors (Lipinski definition) is 2. The minimum absolute atomic E-state index is 0.180. The van der Waals surface area contributed by atoms with Gasteiger partial charge in [-0.2, -0.15) is 0 Å². The zero-order chi connectivity index (χ0) is 12.3. The molecule has 1 saturated carbocycles. The molecule has 2 aliphatic rings. The summed E-state index contributed by atoms with van der Waals surface area (Å²) in [5, 5.41) is 12.4. The number of piperazine rings is 1. The highest BCUT2D eigenvalue weighted by atomic mass is 16.4. The van der Waals surface area contributed by atoms with E-state index < -0.39 is 5.97 Å². The molecule has 4 heteroatoms. The lowest BCUT2D eigenvalue weighted by Gasteiger charge is -2.46. The van der Waals surface area contributed by atoms with Gasteiger partial charge in [0.25, 0.3) is 0 Å². The summed E-state index contributed by atoms with van der Waals surface area (Å²) in [7, 11) is 0. The van der Waals surface area contributed by atoms with Gasteiger partial charge in [0.1, 0.15) is 0 Å². The maximum atomic E-state index is 10.9. The first-order valence-corrected chi connectivity index (χ1v) is 6.88. The zero-order valence-corrected chi connectivity index (χ0v) is 10.7. The Morgan fingerprint density at radius 3 is 2.65 bits per heavy atom. The Balaban J connectivity index is 2.03. The maximum absolute atomic E-state index is 10.9. The van der Waals surface area contributed by atoms with Crippen LogP contribution < -0.4 is 5.32 Å². The van der Waals surface area contributed by atoms with Gasteiger partial charge >= 0.3 is 5.97 Å². The summed E-state index contributed by atoms with van der Waals surface area (Å²) in [6.07, 6.45) is 6.73. The molecule has 2 unspecified atom stereocenters. The predicted octanol–water partition coefficient (Wildman–Crippen LogP) is 1.46. The maximum Gasteiger partial charge on any atom is 0.304 e. The summed E-state index contributed by atoms with van der Waals surface area (Å²) in [6, 6.07) is 1.26. The van der Waals surface area contributed by atoms with E-state index in [9.17, 15) is 4.79 Å². The highest BCUT2D eigenvalue weighted by Crippen LogP contribution is 2.27. The van der Waals surface area contributed by atoms with Crippen molar-refractivity contribution in [2.24, 2.45) is 0 Å². The number of carboxylic acid groups (broad SMARTS) is 1. The van der Waals surface area contributed by atoms with Crippen LogP contribution in [0.2, 0.25) is 0 Å². The number of aliphatic carboxylic acids is 1.